The van der Waals surface area contributed by atoms with Gasteiger partial charge in [-0.2, -0.15) is 0 Å². The lowest BCUT2D eigenvalue weighted by Gasteiger charge is -2.26. The van der Waals surface area contributed by atoms with Crippen molar-refractivity contribution in [1.29, 1.82) is 0 Å². The molecular formula is C16H20ClN3O2. The maximum absolute atomic E-state index is 6.21. The summed E-state index contributed by atoms with van der Waals surface area (Å²) in [6.07, 6.45) is 1.72. The summed E-state index contributed by atoms with van der Waals surface area (Å²) in [5.41, 5.74) is 1.81. The largest absolute Gasteiger partial charge is 0.495 e. The van der Waals surface area contributed by atoms with E-state index in [9.17, 15) is 0 Å². The van der Waals surface area contributed by atoms with Gasteiger partial charge in [-0.1, -0.05) is 11.6 Å². The van der Waals surface area contributed by atoms with Gasteiger partial charge in [0.05, 0.1) is 36.6 Å². The molecule has 0 spiro atoms. The third kappa shape index (κ3) is 3.43. The Morgan fingerprint density at radius 1 is 1.36 bits per heavy atom. The van der Waals surface area contributed by atoms with Crippen LogP contribution in [0.2, 0.25) is 5.02 Å². The van der Waals surface area contributed by atoms with Crippen LogP contribution in [0.1, 0.15) is 0 Å². The molecule has 1 N–H and O–H groups in total. The topological polar surface area (TPSA) is 46.6 Å². The average molecular weight is 322 g/mol. The van der Waals surface area contributed by atoms with E-state index in [0.717, 1.165) is 61.7 Å². The molecule has 0 atom stereocenters. The smallest absolute Gasteiger partial charge is 0.142 e. The number of nitrogens with zero attached hydrogens (tertiary/aromatic N) is 2. The second-order valence-corrected chi connectivity index (χ2v) is 5.65. The van der Waals surface area contributed by atoms with Crippen molar-refractivity contribution in [3.63, 3.8) is 0 Å². The van der Waals surface area contributed by atoms with E-state index in [-0.39, 0.29) is 0 Å². The van der Waals surface area contributed by atoms with Crippen molar-refractivity contribution >= 4 is 28.2 Å². The van der Waals surface area contributed by atoms with Crippen LogP contribution in [0.5, 0.6) is 5.75 Å². The molecule has 0 unspecified atom stereocenters. The molecule has 1 aromatic heterocycles. The monoisotopic (exact) mass is 321 g/mol. The van der Waals surface area contributed by atoms with Gasteiger partial charge in [-0.25, -0.2) is 0 Å². The third-order valence-electron chi connectivity index (χ3n) is 3.86. The number of aromatic nitrogens is 1. The minimum Gasteiger partial charge on any atom is -0.495 e. The maximum Gasteiger partial charge on any atom is 0.142 e. The highest BCUT2D eigenvalue weighted by molar-refractivity contribution is 6.35. The number of hydrogen-bond acceptors (Lipinski definition) is 5. The molecular weight excluding hydrogens is 302 g/mol. The quantitative estimate of drug-likeness (QED) is 0.917. The van der Waals surface area contributed by atoms with E-state index in [1.165, 1.54) is 0 Å². The standard InChI is InChI=1S/C16H20ClN3O2/c1-21-16-10-12-13(17)2-3-18-14(12)11-15(16)19-4-5-20-6-8-22-9-7-20/h2-3,10-11,19H,4-9H2,1H3. The number of rotatable bonds is 5. The molecule has 1 aliphatic rings. The number of ether oxygens (including phenoxy) is 2. The fourth-order valence-electron chi connectivity index (χ4n) is 2.62. The van der Waals surface area contributed by atoms with Crippen LogP contribution < -0.4 is 10.1 Å². The van der Waals surface area contributed by atoms with Crippen molar-refractivity contribution in [3.8, 4) is 5.75 Å². The Hall–Kier alpha value is -1.56. The normalized spacial score (nSPS) is 15.9. The first-order valence-electron chi connectivity index (χ1n) is 7.44. The van der Waals surface area contributed by atoms with E-state index >= 15 is 0 Å². The number of nitrogens with one attached hydrogen (secondary N) is 1. The SMILES string of the molecule is COc1cc2c(Cl)ccnc2cc1NCCN1CCOCC1. The first kappa shape index (κ1) is 15.3. The van der Waals surface area contributed by atoms with Crippen molar-refractivity contribution < 1.29 is 9.47 Å². The number of anilines is 1. The molecule has 0 aliphatic carbocycles. The molecule has 5 nitrogen and oxygen atoms in total. The summed E-state index contributed by atoms with van der Waals surface area (Å²) in [6.45, 7) is 5.46. The van der Waals surface area contributed by atoms with Gasteiger partial charge < -0.3 is 14.8 Å². The van der Waals surface area contributed by atoms with Gasteiger partial charge in [-0.05, 0) is 18.2 Å². The number of fused-ring (bicyclic) bond motifs is 1. The number of pyridine rings is 1. The number of benzene rings is 1. The Kier molecular flexibility index (Phi) is 4.97. The predicted octanol–water partition coefficient (Wildman–Crippen LogP) is 2.64. The van der Waals surface area contributed by atoms with Gasteiger partial charge >= 0.3 is 0 Å². The summed E-state index contributed by atoms with van der Waals surface area (Å²) in [6, 6.07) is 5.70. The molecule has 22 heavy (non-hydrogen) atoms. The van der Waals surface area contributed by atoms with Crippen LogP contribution in [0.4, 0.5) is 5.69 Å². The zero-order valence-corrected chi connectivity index (χ0v) is 13.4. The van der Waals surface area contributed by atoms with Gasteiger partial charge in [0.2, 0.25) is 0 Å². The summed E-state index contributed by atoms with van der Waals surface area (Å²) in [5.74, 6) is 0.782. The van der Waals surface area contributed by atoms with E-state index in [2.05, 4.69) is 15.2 Å². The fourth-order valence-corrected chi connectivity index (χ4v) is 2.83. The Morgan fingerprint density at radius 2 is 2.18 bits per heavy atom. The number of halogens is 1. The van der Waals surface area contributed by atoms with E-state index in [0.29, 0.717) is 5.02 Å². The number of methoxy groups -OCH3 is 1. The van der Waals surface area contributed by atoms with Crippen LogP contribution in [0, 0.1) is 0 Å². The number of morpholine rings is 1. The Labute approximate surface area is 135 Å². The highest BCUT2D eigenvalue weighted by atomic mass is 35.5. The first-order chi connectivity index (χ1) is 10.8. The van der Waals surface area contributed by atoms with Crippen LogP contribution in [0.25, 0.3) is 10.9 Å². The minimum absolute atomic E-state index is 0.683. The lowest BCUT2D eigenvalue weighted by atomic mass is 10.2. The summed E-state index contributed by atoms with van der Waals surface area (Å²) in [4.78, 5) is 6.76. The molecule has 1 saturated heterocycles. The summed E-state index contributed by atoms with van der Waals surface area (Å²) >= 11 is 6.21. The van der Waals surface area contributed by atoms with Crippen molar-refractivity contribution in [2.24, 2.45) is 0 Å². The van der Waals surface area contributed by atoms with E-state index in [4.69, 9.17) is 21.1 Å². The second-order valence-electron chi connectivity index (χ2n) is 5.24. The maximum atomic E-state index is 6.21. The fraction of sp³-hybridized carbons (Fsp3) is 0.438. The van der Waals surface area contributed by atoms with Crippen molar-refractivity contribution in [1.82, 2.24) is 9.88 Å². The second kappa shape index (κ2) is 7.13. The van der Waals surface area contributed by atoms with Gasteiger partial charge in [0.1, 0.15) is 5.75 Å². The van der Waals surface area contributed by atoms with Crippen molar-refractivity contribution in [2.75, 3.05) is 51.8 Å². The molecule has 118 valence electrons. The summed E-state index contributed by atoms with van der Waals surface area (Å²) < 4.78 is 10.8. The van der Waals surface area contributed by atoms with Crippen molar-refractivity contribution in [2.45, 2.75) is 0 Å². The van der Waals surface area contributed by atoms with Gasteiger partial charge in [-0.15, -0.1) is 0 Å². The van der Waals surface area contributed by atoms with Gasteiger partial charge in [0, 0.05) is 37.8 Å². The molecule has 2 heterocycles. The number of hydrogen-bond donors (Lipinski definition) is 1. The molecule has 0 amide bonds. The lowest BCUT2D eigenvalue weighted by molar-refractivity contribution is 0.0398. The van der Waals surface area contributed by atoms with Crippen LogP contribution >= 0.6 is 11.6 Å². The Balaban J connectivity index is 1.72. The molecule has 1 fully saturated rings. The zero-order chi connectivity index (χ0) is 15.4. The highest BCUT2D eigenvalue weighted by Crippen LogP contribution is 2.32. The molecule has 0 bridgehead atoms. The molecule has 1 aliphatic heterocycles. The Morgan fingerprint density at radius 3 is 2.95 bits per heavy atom. The van der Waals surface area contributed by atoms with Gasteiger partial charge in [0.15, 0.2) is 0 Å². The van der Waals surface area contributed by atoms with Gasteiger partial charge in [0.25, 0.3) is 0 Å². The summed E-state index contributed by atoms with van der Waals surface area (Å²) in [7, 11) is 1.67. The minimum atomic E-state index is 0.683. The predicted molar refractivity (Wildman–Crippen MR) is 89.1 cm³/mol. The van der Waals surface area contributed by atoms with Gasteiger partial charge in [-0.3, -0.25) is 9.88 Å². The van der Waals surface area contributed by atoms with E-state index in [1.807, 2.05) is 12.1 Å². The first-order valence-corrected chi connectivity index (χ1v) is 7.82. The lowest BCUT2D eigenvalue weighted by Crippen LogP contribution is -2.39. The molecule has 6 heteroatoms. The molecule has 2 aromatic rings. The van der Waals surface area contributed by atoms with Crippen LogP contribution in [0.15, 0.2) is 24.4 Å². The van der Waals surface area contributed by atoms with E-state index in [1.54, 1.807) is 19.4 Å². The van der Waals surface area contributed by atoms with Crippen molar-refractivity contribution in [3.05, 3.63) is 29.4 Å². The molecule has 0 radical (unpaired) electrons. The average Bonchev–Trinajstić information content (AvgIpc) is 2.55. The Bertz CT molecular complexity index is 645. The summed E-state index contributed by atoms with van der Waals surface area (Å²) in [5, 5.41) is 5.02. The van der Waals surface area contributed by atoms with E-state index < -0.39 is 0 Å². The molecule has 0 saturated carbocycles. The van der Waals surface area contributed by atoms with Crippen LogP contribution in [-0.4, -0.2) is 56.4 Å². The zero-order valence-electron chi connectivity index (χ0n) is 12.6. The van der Waals surface area contributed by atoms with Crippen LogP contribution in [0.3, 0.4) is 0 Å². The molecule has 1 aromatic carbocycles. The highest BCUT2D eigenvalue weighted by Gasteiger charge is 2.11. The van der Waals surface area contributed by atoms with Crippen LogP contribution in [-0.2, 0) is 4.74 Å². The third-order valence-corrected chi connectivity index (χ3v) is 4.19. The molecule has 3 rings (SSSR count).